The van der Waals surface area contributed by atoms with Gasteiger partial charge in [-0.2, -0.15) is 0 Å². The molecule has 0 aliphatic carbocycles. The molecule has 0 fully saturated rings. The minimum absolute atomic E-state index is 0.814. The maximum absolute atomic E-state index is 4.38. The maximum Gasteiger partial charge on any atom is 0.577 e. The van der Waals surface area contributed by atoms with E-state index in [1.165, 1.54) is 0 Å². The smallest absolute Gasteiger partial charge is 0.299 e. The Bertz CT molecular complexity index is 461. The van der Waals surface area contributed by atoms with Gasteiger partial charge in [0.25, 0.3) is 0 Å². The largest absolute Gasteiger partial charge is 0.577 e. The van der Waals surface area contributed by atoms with E-state index in [9.17, 15) is 0 Å². The van der Waals surface area contributed by atoms with Gasteiger partial charge in [-0.3, -0.25) is 18.4 Å². The van der Waals surface area contributed by atoms with Crippen molar-refractivity contribution in [2.24, 2.45) is 0 Å². The lowest BCUT2D eigenvalue weighted by atomic mass is 9.46. The maximum atomic E-state index is 4.38. The molecule has 0 aromatic carbocycles. The van der Waals surface area contributed by atoms with Gasteiger partial charge in [-0.15, -0.1) is 0 Å². The van der Waals surface area contributed by atoms with Crippen molar-refractivity contribution >= 4 is 12.8 Å². The third kappa shape index (κ3) is 0.900. The Morgan fingerprint density at radius 3 is 1.81 bits per heavy atom. The molecule has 2 aromatic heterocycles. The molecule has 0 unspecified atom stereocenters. The zero-order chi connectivity index (χ0) is 11.6. The molecule has 4 nitrogen and oxygen atoms in total. The normalized spacial score (nSPS) is 20.2. The summed E-state index contributed by atoms with van der Waals surface area (Å²) in [6, 6.07) is 4.17. The lowest BCUT2D eigenvalue weighted by molar-refractivity contribution is -0.769. The molecule has 0 atom stereocenters. The molecule has 0 saturated heterocycles. The van der Waals surface area contributed by atoms with E-state index in [2.05, 4.69) is 82.6 Å². The summed E-state index contributed by atoms with van der Waals surface area (Å²) in [5.74, 6) is 0. The van der Waals surface area contributed by atoms with E-state index < -0.39 is 12.8 Å². The minimum atomic E-state index is -1.02. The standard InChI is InChI=1S/C10H17B2N4/c1-11(2)13-7-5-9-15(13)12(3,4)16-10-6-8-14(11)16/h5-10H,1H2,2-4H3/q+1. The van der Waals surface area contributed by atoms with Gasteiger partial charge in [0.1, 0.15) is 12.4 Å². The second kappa shape index (κ2) is 2.56. The van der Waals surface area contributed by atoms with Gasteiger partial charge in [0.05, 0.1) is 0 Å². The molecule has 2 aromatic rings. The molecule has 0 radical (unpaired) electrons. The van der Waals surface area contributed by atoms with E-state index in [1.807, 2.05) is 0 Å². The molecule has 0 saturated carbocycles. The molecule has 0 amide bonds. The molecule has 0 N–H and O–H groups in total. The Balaban J connectivity index is 2.39. The Hall–Kier alpha value is -1.58. The van der Waals surface area contributed by atoms with E-state index in [4.69, 9.17) is 0 Å². The molecule has 82 valence electrons. The molecule has 0 bridgehead atoms. The van der Waals surface area contributed by atoms with Crippen LogP contribution in [-0.2, 0) is 0 Å². The van der Waals surface area contributed by atoms with Crippen LogP contribution >= 0.6 is 0 Å². The van der Waals surface area contributed by atoms with E-state index in [1.54, 1.807) is 0 Å². The summed E-state index contributed by atoms with van der Waals surface area (Å²) in [7, 11) is 0. The highest BCUT2D eigenvalue weighted by Crippen LogP contribution is 2.11. The first-order valence-corrected chi connectivity index (χ1v) is 5.94. The van der Waals surface area contributed by atoms with Crippen molar-refractivity contribution in [3.05, 3.63) is 43.7 Å². The van der Waals surface area contributed by atoms with Gasteiger partial charge in [0, 0.05) is 24.5 Å². The van der Waals surface area contributed by atoms with E-state index in [0.717, 1.165) is 0 Å². The quantitative estimate of drug-likeness (QED) is 0.438. The molecule has 3 rings (SSSR count). The number of aromatic nitrogens is 4. The average molecular weight is 215 g/mol. The van der Waals surface area contributed by atoms with Gasteiger partial charge in [-0.05, 0) is 13.6 Å². The van der Waals surface area contributed by atoms with Gasteiger partial charge in [0.2, 0.25) is 0 Å². The van der Waals surface area contributed by atoms with Crippen molar-refractivity contribution in [1.82, 2.24) is 9.19 Å². The molecule has 1 aliphatic rings. The summed E-state index contributed by atoms with van der Waals surface area (Å²) >= 11 is 0. The zero-order valence-electron chi connectivity index (χ0n) is 10.1. The van der Waals surface area contributed by atoms with E-state index >= 15 is 0 Å². The van der Waals surface area contributed by atoms with Crippen LogP contribution in [0.25, 0.3) is 0 Å². The van der Waals surface area contributed by atoms with Crippen molar-refractivity contribution in [3.8, 4) is 0 Å². The van der Waals surface area contributed by atoms with Crippen LogP contribution in [0.15, 0.2) is 36.9 Å². The minimum Gasteiger partial charge on any atom is -0.299 e. The van der Waals surface area contributed by atoms with Gasteiger partial charge in [-0.1, -0.05) is 13.6 Å². The highest BCUT2D eigenvalue weighted by molar-refractivity contribution is 6.77. The lowest BCUT2D eigenvalue weighted by Gasteiger charge is -2.37. The van der Waals surface area contributed by atoms with Crippen molar-refractivity contribution in [2.75, 3.05) is 0 Å². The Kier molecular flexibility index (Phi) is 1.54. The van der Waals surface area contributed by atoms with Gasteiger partial charge >= 0.3 is 12.8 Å². The van der Waals surface area contributed by atoms with Crippen LogP contribution < -0.4 is 9.19 Å². The number of hydrogen-bond donors (Lipinski definition) is 0. The third-order valence-electron chi connectivity index (χ3n) is 3.92. The fraction of sp³-hybridized carbons (Fsp3) is 0.300. The predicted molar refractivity (Wildman–Crippen MR) is 65.3 cm³/mol. The summed E-state index contributed by atoms with van der Waals surface area (Å²) in [5.41, 5.74) is 0. The van der Waals surface area contributed by atoms with Gasteiger partial charge in [-0.25, -0.2) is 0 Å². The molecule has 3 heterocycles. The summed E-state index contributed by atoms with van der Waals surface area (Å²) < 4.78 is 9.10. The van der Waals surface area contributed by atoms with Crippen LogP contribution in [0.1, 0.15) is 0 Å². The first-order chi connectivity index (χ1) is 7.45. The zero-order valence-corrected chi connectivity index (χ0v) is 10.1. The van der Waals surface area contributed by atoms with E-state index in [0.29, 0.717) is 0 Å². The first-order valence-electron chi connectivity index (χ1n) is 5.94. The molecule has 6 heteroatoms. The molecule has 1 aliphatic heterocycles. The summed E-state index contributed by atoms with van der Waals surface area (Å²) in [6.07, 6.45) is 6.65. The number of fused-ring (bicyclic) bond motifs is 2. The fourth-order valence-electron chi connectivity index (χ4n) is 3.00. The highest BCUT2D eigenvalue weighted by Gasteiger charge is 2.53. The number of nitrogens with zero attached hydrogens (tertiary/aromatic N) is 4. The van der Waals surface area contributed by atoms with Crippen LogP contribution in [0.2, 0.25) is 20.5 Å². The first kappa shape index (κ1) is 9.63. The highest BCUT2D eigenvalue weighted by atomic mass is 15.5. The monoisotopic (exact) mass is 215 g/mol. The van der Waals surface area contributed by atoms with Crippen molar-refractivity contribution in [2.45, 2.75) is 20.5 Å². The van der Waals surface area contributed by atoms with Crippen LogP contribution in [-0.4, -0.2) is 22.0 Å². The van der Waals surface area contributed by atoms with Crippen molar-refractivity contribution < 1.29 is 9.19 Å². The lowest BCUT2D eigenvalue weighted by Crippen LogP contribution is -2.91. The van der Waals surface area contributed by atoms with Gasteiger partial charge < -0.3 is 0 Å². The molecule has 16 heavy (non-hydrogen) atoms. The third-order valence-corrected chi connectivity index (χ3v) is 3.92. The average Bonchev–Trinajstić information content (AvgIpc) is 2.86. The summed E-state index contributed by atoms with van der Waals surface area (Å²) in [6.45, 7) is 11.1. The van der Waals surface area contributed by atoms with Crippen LogP contribution in [0.5, 0.6) is 0 Å². The van der Waals surface area contributed by atoms with Crippen LogP contribution in [0, 0.1) is 6.82 Å². The second-order valence-corrected chi connectivity index (χ2v) is 5.63. The molecule has 0 spiro atoms. The Morgan fingerprint density at radius 2 is 1.38 bits per heavy atom. The molecular formula is C10H17B2N4+. The van der Waals surface area contributed by atoms with E-state index in [-0.39, 0.29) is 0 Å². The van der Waals surface area contributed by atoms with Crippen LogP contribution in [0.4, 0.5) is 0 Å². The Morgan fingerprint density at radius 1 is 0.938 bits per heavy atom. The predicted octanol–water partition coefficient (Wildman–Crippen LogP) is 0.118. The van der Waals surface area contributed by atoms with Crippen molar-refractivity contribution in [1.29, 1.82) is 0 Å². The Labute approximate surface area is 96.0 Å². The van der Waals surface area contributed by atoms with Gasteiger partial charge in [0.15, 0.2) is 0 Å². The second-order valence-electron chi connectivity index (χ2n) is 5.63. The van der Waals surface area contributed by atoms with Crippen molar-refractivity contribution in [3.63, 3.8) is 0 Å². The topological polar surface area (TPSA) is 17.6 Å². The molecular weight excluding hydrogens is 198 g/mol. The summed E-state index contributed by atoms with van der Waals surface area (Å²) in [5, 5.41) is 0. The summed E-state index contributed by atoms with van der Waals surface area (Å²) in [4.78, 5) is 0. The number of hydrogen-bond acceptors (Lipinski definition) is 0. The SMILES string of the molecule is [CH2+][B-]1(C)n2ccc[n+]2[B-](C)(C)[n+]2cccn21. The fourth-order valence-corrected chi connectivity index (χ4v) is 3.00. The van der Waals surface area contributed by atoms with Crippen LogP contribution in [0.3, 0.4) is 0 Å². The number of rotatable bonds is 0.